The minimum atomic E-state index is -3.73. The molecule has 0 aliphatic heterocycles. The van der Waals surface area contributed by atoms with Gasteiger partial charge in [0.05, 0.1) is 10.7 Å². The summed E-state index contributed by atoms with van der Waals surface area (Å²) in [6.07, 6.45) is 3.46. The highest BCUT2D eigenvalue weighted by molar-refractivity contribution is 7.89. The van der Waals surface area contributed by atoms with E-state index in [-0.39, 0.29) is 21.1 Å². The number of sulfonamides is 1. The van der Waals surface area contributed by atoms with Crippen molar-refractivity contribution in [3.63, 3.8) is 0 Å². The number of anilines is 1. The van der Waals surface area contributed by atoms with Crippen LogP contribution < -0.4 is 10.5 Å². The summed E-state index contributed by atoms with van der Waals surface area (Å²) in [6.45, 7) is 1.97. The van der Waals surface area contributed by atoms with Crippen LogP contribution in [0.4, 0.5) is 5.69 Å². The maximum absolute atomic E-state index is 12.4. The lowest BCUT2D eigenvalue weighted by molar-refractivity contribution is 0.214. The van der Waals surface area contributed by atoms with Gasteiger partial charge in [-0.2, -0.15) is 0 Å². The molecule has 1 fully saturated rings. The first-order chi connectivity index (χ1) is 8.80. The number of rotatable bonds is 4. The van der Waals surface area contributed by atoms with E-state index in [0.717, 1.165) is 25.7 Å². The predicted octanol–water partition coefficient (Wildman–Crippen LogP) is 3.19. The second-order valence-electron chi connectivity index (χ2n) is 4.90. The Morgan fingerprint density at radius 2 is 2.00 bits per heavy atom. The van der Waals surface area contributed by atoms with Crippen molar-refractivity contribution in [1.82, 2.24) is 4.72 Å². The van der Waals surface area contributed by atoms with Crippen LogP contribution in [0.25, 0.3) is 0 Å². The van der Waals surface area contributed by atoms with E-state index in [1.807, 2.05) is 6.92 Å². The molecule has 0 saturated heterocycles. The summed E-state index contributed by atoms with van der Waals surface area (Å²) in [5.74, 6) is 0. The molecule has 0 heterocycles. The number of nitrogens with one attached hydrogen (secondary N) is 1. The smallest absolute Gasteiger partial charge is 0.244 e. The van der Waals surface area contributed by atoms with Crippen LogP contribution in [0.5, 0.6) is 0 Å². The normalized spacial score (nSPS) is 18.1. The molecule has 0 aromatic heterocycles. The van der Waals surface area contributed by atoms with Gasteiger partial charge in [0.1, 0.15) is 4.90 Å². The molecule has 0 radical (unpaired) electrons. The van der Waals surface area contributed by atoms with Gasteiger partial charge in [-0.05, 0) is 37.8 Å². The lowest BCUT2D eigenvalue weighted by atomic mass is 9.76. The fourth-order valence-corrected chi connectivity index (χ4v) is 4.85. The van der Waals surface area contributed by atoms with Gasteiger partial charge in [-0.25, -0.2) is 13.1 Å². The summed E-state index contributed by atoms with van der Waals surface area (Å²) in [5.41, 5.74) is 5.45. The Labute approximate surface area is 123 Å². The molecular weight excluding hydrogens is 307 g/mol. The Balaban J connectivity index is 2.40. The van der Waals surface area contributed by atoms with E-state index >= 15 is 0 Å². The van der Waals surface area contributed by atoms with Gasteiger partial charge in [0.25, 0.3) is 0 Å². The lowest BCUT2D eigenvalue weighted by Crippen LogP contribution is -2.52. The molecule has 0 amide bonds. The maximum Gasteiger partial charge on any atom is 0.244 e. The Kier molecular flexibility index (Phi) is 4.02. The number of benzene rings is 1. The van der Waals surface area contributed by atoms with E-state index < -0.39 is 10.0 Å². The summed E-state index contributed by atoms with van der Waals surface area (Å²) >= 11 is 11.8. The van der Waals surface area contributed by atoms with Gasteiger partial charge >= 0.3 is 0 Å². The number of nitrogens with two attached hydrogens (primary N) is 1. The van der Waals surface area contributed by atoms with Crippen molar-refractivity contribution < 1.29 is 8.42 Å². The summed E-state index contributed by atoms with van der Waals surface area (Å²) < 4.78 is 27.6. The molecule has 2 rings (SSSR count). The quantitative estimate of drug-likeness (QED) is 0.836. The zero-order valence-corrected chi connectivity index (χ0v) is 12.9. The SMILES string of the molecule is CCC1(NS(=O)(=O)c2c(N)cc(Cl)cc2Cl)CCC1. The summed E-state index contributed by atoms with van der Waals surface area (Å²) in [5, 5.41) is 0.360. The van der Waals surface area contributed by atoms with Crippen LogP contribution in [-0.2, 0) is 10.0 Å². The van der Waals surface area contributed by atoms with Crippen LogP contribution in [0.2, 0.25) is 10.0 Å². The molecule has 0 unspecified atom stereocenters. The van der Waals surface area contributed by atoms with Crippen LogP contribution in [-0.4, -0.2) is 14.0 Å². The van der Waals surface area contributed by atoms with Gasteiger partial charge in [0, 0.05) is 10.6 Å². The molecule has 3 N–H and O–H groups in total. The van der Waals surface area contributed by atoms with Gasteiger partial charge in [-0.15, -0.1) is 0 Å². The monoisotopic (exact) mass is 322 g/mol. The van der Waals surface area contributed by atoms with E-state index in [1.54, 1.807) is 0 Å². The van der Waals surface area contributed by atoms with E-state index in [4.69, 9.17) is 28.9 Å². The minimum absolute atomic E-state index is 0.0445. The second-order valence-corrected chi connectivity index (χ2v) is 7.36. The van der Waals surface area contributed by atoms with Crippen molar-refractivity contribution in [1.29, 1.82) is 0 Å². The van der Waals surface area contributed by atoms with E-state index in [2.05, 4.69) is 4.72 Å². The first-order valence-electron chi connectivity index (χ1n) is 6.08. The molecule has 19 heavy (non-hydrogen) atoms. The largest absolute Gasteiger partial charge is 0.398 e. The molecule has 0 spiro atoms. The van der Waals surface area contributed by atoms with Crippen LogP contribution in [0.1, 0.15) is 32.6 Å². The molecule has 1 aliphatic rings. The number of hydrogen-bond acceptors (Lipinski definition) is 3. The summed E-state index contributed by atoms with van der Waals surface area (Å²) in [7, 11) is -3.73. The first-order valence-corrected chi connectivity index (χ1v) is 8.32. The third-order valence-electron chi connectivity index (χ3n) is 3.64. The highest BCUT2D eigenvalue weighted by atomic mass is 35.5. The van der Waals surface area contributed by atoms with Crippen molar-refractivity contribution in [2.45, 2.75) is 43.0 Å². The molecule has 1 aromatic carbocycles. The molecule has 0 bridgehead atoms. The summed E-state index contributed by atoms with van der Waals surface area (Å²) in [4.78, 5) is -0.0849. The van der Waals surface area contributed by atoms with Gasteiger partial charge < -0.3 is 5.73 Å². The highest BCUT2D eigenvalue weighted by Gasteiger charge is 2.40. The Morgan fingerprint density at radius 3 is 2.42 bits per heavy atom. The van der Waals surface area contributed by atoms with Gasteiger partial charge in [-0.3, -0.25) is 0 Å². The molecule has 1 saturated carbocycles. The van der Waals surface area contributed by atoms with Crippen molar-refractivity contribution in [2.75, 3.05) is 5.73 Å². The maximum atomic E-state index is 12.4. The predicted molar refractivity (Wildman–Crippen MR) is 78.1 cm³/mol. The standard InChI is InChI=1S/C12H16Cl2N2O2S/c1-2-12(4-3-5-12)16-19(17,18)11-9(14)6-8(13)7-10(11)15/h6-7,16H,2-5,15H2,1H3. The van der Waals surface area contributed by atoms with Gasteiger partial charge in [0.15, 0.2) is 0 Å². The van der Waals surface area contributed by atoms with Crippen LogP contribution in [0.15, 0.2) is 17.0 Å². The van der Waals surface area contributed by atoms with Gasteiger partial charge in [0.2, 0.25) is 10.0 Å². The topological polar surface area (TPSA) is 72.2 Å². The molecule has 1 aliphatic carbocycles. The summed E-state index contributed by atoms with van der Waals surface area (Å²) in [6, 6.07) is 2.77. The minimum Gasteiger partial charge on any atom is -0.398 e. The van der Waals surface area contributed by atoms with Crippen molar-refractivity contribution in [2.24, 2.45) is 0 Å². The third kappa shape index (κ3) is 2.84. The Bertz CT molecular complexity index is 569. The van der Waals surface area contributed by atoms with E-state index in [1.165, 1.54) is 12.1 Å². The van der Waals surface area contributed by atoms with Crippen molar-refractivity contribution >= 4 is 38.9 Å². The van der Waals surface area contributed by atoms with Gasteiger partial charge in [-0.1, -0.05) is 30.1 Å². The molecule has 7 heteroatoms. The van der Waals surface area contributed by atoms with E-state index in [0.29, 0.717) is 5.02 Å². The van der Waals surface area contributed by atoms with Crippen LogP contribution >= 0.6 is 23.2 Å². The molecule has 4 nitrogen and oxygen atoms in total. The zero-order valence-electron chi connectivity index (χ0n) is 10.5. The molecular formula is C12H16Cl2N2O2S. The van der Waals surface area contributed by atoms with Crippen LogP contribution in [0, 0.1) is 0 Å². The highest BCUT2D eigenvalue weighted by Crippen LogP contribution is 2.38. The third-order valence-corrected chi connectivity index (χ3v) is 5.97. The van der Waals surface area contributed by atoms with Crippen LogP contribution in [0.3, 0.4) is 0 Å². The molecule has 1 aromatic rings. The average Bonchev–Trinajstić information content (AvgIpc) is 2.21. The number of hydrogen-bond donors (Lipinski definition) is 2. The fraction of sp³-hybridized carbons (Fsp3) is 0.500. The lowest BCUT2D eigenvalue weighted by Gasteiger charge is -2.41. The number of nitrogen functional groups attached to an aromatic ring is 1. The Morgan fingerprint density at radius 1 is 1.37 bits per heavy atom. The van der Waals surface area contributed by atoms with E-state index in [9.17, 15) is 8.42 Å². The fourth-order valence-electron chi connectivity index (χ4n) is 2.33. The second kappa shape index (κ2) is 5.13. The van der Waals surface area contributed by atoms with Crippen molar-refractivity contribution in [3.8, 4) is 0 Å². The first kappa shape index (κ1) is 14.9. The molecule has 0 atom stereocenters. The van der Waals surface area contributed by atoms with Crippen molar-refractivity contribution in [3.05, 3.63) is 22.2 Å². The zero-order chi connectivity index (χ0) is 14.3. The average molecular weight is 323 g/mol. The number of halogens is 2. The molecule has 106 valence electrons. The Hall–Kier alpha value is -0.490.